The fourth-order valence-corrected chi connectivity index (χ4v) is 4.88. The summed E-state index contributed by atoms with van der Waals surface area (Å²) < 4.78 is 10.9. The van der Waals surface area contributed by atoms with Gasteiger partial charge in [0.05, 0.1) is 0 Å². The van der Waals surface area contributed by atoms with Crippen LogP contribution in [0.2, 0.25) is 0 Å². The molecule has 2 aromatic carbocycles. The third-order valence-electron chi connectivity index (χ3n) is 6.68. The minimum absolute atomic E-state index is 0.301. The van der Waals surface area contributed by atoms with Crippen LogP contribution >= 0.6 is 0 Å². The number of hydrogen-bond acceptors (Lipinski definition) is 6. The van der Waals surface area contributed by atoms with E-state index >= 15 is 0 Å². The summed E-state index contributed by atoms with van der Waals surface area (Å²) in [6.07, 6.45) is 2.02. The van der Waals surface area contributed by atoms with E-state index in [1.807, 2.05) is 12.1 Å². The fraction of sp³-hybridized carbons (Fsp3) is 0.440. The number of piperidine rings is 1. The minimum atomic E-state index is -0.403. The molecule has 1 atom stereocenters. The van der Waals surface area contributed by atoms with Crippen molar-refractivity contribution in [2.45, 2.75) is 25.4 Å². The molecule has 0 aromatic heterocycles. The van der Waals surface area contributed by atoms with E-state index in [-0.39, 0.29) is 5.91 Å². The van der Waals surface area contributed by atoms with Crippen molar-refractivity contribution >= 4 is 11.7 Å². The summed E-state index contributed by atoms with van der Waals surface area (Å²) in [5, 5.41) is 0. The van der Waals surface area contributed by atoms with E-state index in [9.17, 15) is 9.59 Å². The van der Waals surface area contributed by atoms with Crippen LogP contribution in [0, 0.1) is 0 Å². The lowest BCUT2D eigenvalue weighted by Crippen LogP contribution is -2.56. The molecule has 2 fully saturated rings. The van der Waals surface area contributed by atoms with Crippen molar-refractivity contribution in [3.63, 3.8) is 0 Å². The number of Topliss-reactive ketones (excluding diaryl/α,β-unsaturated/α-hetero) is 1. The molecule has 0 bridgehead atoms. The summed E-state index contributed by atoms with van der Waals surface area (Å²) in [5.41, 5.74) is 1.70. The quantitative estimate of drug-likeness (QED) is 0.531. The second-order valence-electron chi connectivity index (χ2n) is 8.74. The number of carbonyl (C=O) groups is 2. The smallest absolute Gasteiger partial charge is 0.295 e. The molecule has 3 aliphatic rings. The van der Waals surface area contributed by atoms with Crippen LogP contribution in [0.1, 0.15) is 28.8 Å². The average Bonchev–Trinajstić information content (AvgIpc) is 3.32. The number of nitrogens with zero attached hydrogens (tertiary/aromatic N) is 3. The Hall–Kier alpha value is -2.90. The predicted molar refractivity (Wildman–Crippen MR) is 120 cm³/mol. The number of amides is 1. The van der Waals surface area contributed by atoms with Crippen molar-refractivity contribution in [2.24, 2.45) is 0 Å². The molecule has 0 aliphatic carbocycles. The monoisotopic (exact) mass is 435 g/mol. The van der Waals surface area contributed by atoms with Gasteiger partial charge in [-0.25, -0.2) is 0 Å². The van der Waals surface area contributed by atoms with Crippen LogP contribution in [-0.4, -0.2) is 78.5 Å². The first-order chi connectivity index (χ1) is 15.7. The Labute approximate surface area is 188 Å². The van der Waals surface area contributed by atoms with Gasteiger partial charge in [-0.05, 0) is 30.5 Å². The summed E-state index contributed by atoms with van der Waals surface area (Å²) >= 11 is 0. The number of carbonyl (C=O) groups excluding carboxylic acids is 2. The largest absolute Gasteiger partial charge is 0.454 e. The first-order valence-electron chi connectivity index (χ1n) is 11.4. The van der Waals surface area contributed by atoms with Crippen molar-refractivity contribution in [3.8, 4) is 11.5 Å². The van der Waals surface area contributed by atoms with Gasteiger partial charge in [-0.15, -0.1) is 0 Å². The van der Waals surface area contributed by atoms with Gasteiger partial charge in [0.25, 0.3) is 5.91 Å². The lowest BCUT2D eigenvalue weighted by atomic mass is 10.0. The van der Waals surface area contributed by atoms with E-state index in [1.165, 1.54) is 5.56 Å². The van der Waals surface area contributed by atoms with Crippen LogP contribution in [0.5, 0.6) is 11.5 Å². The first-order valence-corrected chi connectivity index (χ1v) is 11.4. The number of piperazine rings is 1. The first kappa shape index (κ1) is 21.0. The zero-order chi connectivity index (χ0) is 21.9. The van der Waals surface area contributed by atoms with Gasteiger partial charge in [-0.2, -0.15) is 0 Å². The molecule has 2 saturated heterocycles. The highest BCUT2D eigenvalue weighted by molar-refractivity contribution is 6.42. The predicted octanol–water partition coefficient (Wildman–Crippen LogP) is 2.41. The molecular weight excluding hydrogens is 406 g/mol. The molecule has 0 radical (unpaired) electrons. The number of ether oxygens (including phenoxy) is 2. The molecular formula is C25H29N3O4. The van der Waals surface area contributed by atoms with Gasteiger partial charge in [-0.3, -0.25) is 19.4 Å². The number of hydrogen-bond donors (Lipinski definition) is 0. The third kappa shape index (κ3) is 4.49. The summed E-state index contributed by atoms with van der Waals surface area (Å²) in [4.78, 5) is 32.1. The van der Waals surface area contributed by atoms with Crippen molar-refractivity contribution in [3.05, 3.63) is 59.7 Å². The number of fused-ring (bicyclic) bond motifs is 1. The number of rotatable bonds is 5. The summed E-state index contributed by atoms with van der Waals surface area (Å²) in [5.74, 6) is 0.876. The summed E-state index contributed by atoms with van der Waals surface area (Å²) in [6.45, 7) is 6.43. The van der Waals surface area contributed by atoms with Crippen LogP contribution < -0.4 is 9.47 Å². The van der Waals surface area contributed by atoms with E-state index in [0.717, 1.165) is 57.1 Å². The molecule has 0 unspecified atom stereocenters. The standard InChI is InChI=1S/C25H29N3O4/c29-24(20-5-2-1-3-6-20)25(30)28-10-4-7-21(17-28)27-13-11-26(12-14-27)16-19-8-9-22-23(15-19)32-18-31-22/h1-3,5-6,8-9,15,21H,4,7,10-14,16-18H2/t21-/m1/s1. The lowest BCUT2D eigenvalue weighted by molar-refractivity contribution is -0.128. The second kappa shape index (κ2) is 9.30. The Bertz CT molecular complexity index is 972. The molecule has 32 heavy (non-hydrogen) atoms. The third-order valence-corrected chi connectivity index (χ3v) is 6.68. The van der Waals surface area contributed by atoms with Crippen molar-refractivity contribution in [1.29, 1.82) is 0 Å². The van der Waals surface area contributed by atoms with Gasteiger partial charge in [-0.1, -0.05) is 36.4 Å². The summed E-state index contributed by atoms with van der Waals surface area (Å²) in [7, 11) is 0. The van der Waals surface area contributed by atoms with Gasteiger partial charge in [0.2, 0.25) is 12.6 Å². The number of ketones is 1. The van der Waals surface area contributed by atoms with Gasteiger partial charge in [0.1, 0.15) is 0 Å². The van der Waals surface area contributed by atoms with Crippen molar-refractivity contribution in [1.82, 2.24) is 14.7 Å². The molecule has 1 amide bonds. The molecule has 0 N–H and O–H groups in total. The Morgan fingerprint density at radius 2 is 1.69 bits per heavy atom. The Balaban J connectivity index is 1.13. The maximum atomic E-state index is 12.8. The molecule has 0 spiro atoms. The Kier molecular flexibility index (Phi) is 6.10. The van der Waals surface area contributed by atoms with Crippen LogP contribution in [0.3, 0.4) is 0 Å². The minimum Gasteiger partial charge on any atom is -0.454 e. The average molecular weight is 436 g/mol. The number of likely N-dealkylation sites (tertiary alicyclic amines) is 1. The van der Waals surface area contributed by atoms with Crippen LogP contribution in [0.15, 0.2) is 48.5 Å². The molecule has 2 aromatic rings. The maximum Gasteiger partial charge on any atom is 0.295 e. The summed E-state index contributed by atoms with van der Waals surface area (Å²) in [6, 6.07) is 15.3. The van der Waals surface area contributed by atoms with Crippen molar-refractivity contribution in [2.75, 3.05) is 46.1 Å². The molecule has 0 saturated carbocycles. The Morgan fingerprint density at radius 3 is 2.50 bits per heavy atom. The van der Waals surface area contributed by atoms with E-state index in [2.05, 4.69) is 21.9 Å². The highest BCUT2D eigenvalue weighted by Gasteiger charge is 2.32. The van der Waals surface area contributed by atoms with Crippen LogP contribution in [0.4, 0.5) is 0 Å². The van der Waals surface area contributed by atoms with Gasteiger partial charge >= 0.3 is 0 Å². The lowest BCUT2D eigenvalue weighted by Gasteiger charge is -2.43. The highest BCUT2D eigenvalue weighted by Crippen LogP contribution is 2.33. The van der Waals surface area contributed by atoms with Gasteiger partial charge in [0, 0.05) is 57.4 Å². The van der Waals surface area contributed by atoms with E-state index in [4.69, 9.17) is 9.47 Å². The Morgan fingerprint density at radius 1 is 0.906 bits per heavy atom. The highest BCUT2D eigenvalue weighted by atomic mass is 16.7. The maximum absolute atomic E-state index is 12.8. The topological polar surface area (TPSA) is 62.3 Å². The van der Waals surface area contributed by atoms with E-state index in [0.29, 0.717) is 31.5 Å². The molecule has 5 rings (SSSR count). The fourth-order valence-electron chi connectivity index (χ4n) is 4.88. The van der Waals surface area contributed by atoms with Gasteiger partial charge < -0.3 is 14.4 Å². The normalized spacial score (nSPS) is 21.5. The van der Waals surface area contributed by atoms with E-state index in [1.54, 1.807) is 29.2 Å². The van der Waals surface area contributed by atoms with Crippen molar-refractivity contribution < 1.29 is 19.1 Å². The van der Waals surface area contributed by atoms with Crippen LogP contribution in [0.25, 0.3) is 0 Å². The van der Waals surface area contributed by atoms with Crippen LogP contribution in [-0.2, 0) is 11.3 Å². The SMILES string of the molecule is O=C(C(=O)N1CCC[C@@H](N2CCN(Cc3ccc4c(c3)OCO4)CC2)C1)c1ccccc1. The number of benzene rings is 2. The molecule has 168 valence electrons. The van der Waals surface area contributed by atoms with Gasteiger partial charge in [0.15, 0.2) is 11.5 Å². The molecule has 7 nitrogen and oxygen atoms in total. The molecule has 7 heteroatoms. The second-order valence-corrected chi connectivity index (χ2v) is 8.74. The zero-order valence-corrected chi connectivity index (χ0v) is 18.2. The molecule has 3 aliphatic heterocycles. The van der Waals surface area contributed by atoms with E-state index < -0.39 is 5.78 Å². The molecule has 3 heterocycles. The zero-order valence-electron chi connectivity index (χ0n) is 18.2.